The maximum Gasteiger partial charge on any atom is 0.191 e. The van der Waals surface area contributed by atoms with Gasteiger partial charge in [-0.25, -0.2) is 9.97 Å². The number of anilines is 3. The molecule has 5 nitrogen and oxygen atoms in total. The van der Waals surface area contributed by atoms with Crippen molar-refractivity contribution in [3.05, 3.63) is 35.9 Å². The van der Waals surface area contributed by atoms with Gasteiger partial charge in [0.2, 0.25) is 0 Å². The van der Waals surface area contributed by atoms with Gasteiger partial charge in [-0.3, -0.25) is 0 Å². The molecule has 3 N–H and O–H groups in total. The number of nitrogens with one attached hydrogen (secondary N) is 1. The molecule has 106 valence electrons. The van der Waals surface area contributed by atoms with Gasteiger partial charge in [0, 0.05) is 18.9 Å². The Bertz CT molecular complexity index is 577. The summed E-state index contributed by atoms with van der Waals surface area (Å²) in [4.78, 5) is 8.53. The normalized spacial score (nSPS) is 10.5. The molecule has 0 atom stereocenters. The van der Waals surface area contributed by atoms with E-state index < -0.39 is 0 Å². The molecule has 0 unspecified atom stereocenters. The van der Waals surface area contributed by atoms with E-state index in [1.54, 1.807) is 13.2 Å². The number of hydrogen-bond donors (Lipinski definition) is 2. The molecule has 1 heterocycles. The summed E-state index contributed by atoms with van der Waals surface area (Å²) in [5, 5.41) is 3.95. The van der Waals surface area contributed by atoms with Crippen LogP contribution < -0.4 is 11.1 Å². The summed E-state index contributed by atoms with van der Waals surface area (Å²) in [6.07, 6.45) is 2.76. The zero-order valence-electron chi connectivity index (χ0n) is 11.6. The predicted octanol–water partition coefficient (Wildman–Crippen LogP) is 2.71. The molecule has 0 bridgehead atoms. The van der Waals surface area contributed by atoms with Gasteiger partial charge in [-0.15, -0.1) is 0 Å². The van der Waals surface area contributed by atoms with Crippen LogP contribution >= 0.6 is 11.8 Å². The summed E-state index contributed by atoms with van der Waals surface area (Å²) in [5.74, 6) is 1.16. The van der Waals surface area contributed by atoms with Gasteiger partial charge < -0.3 is 15.8 Å². The number of benzene rings is 1. The quantitative estimate of drug-likeness (QED) is 0.629. The molecule has 0 fully saturated rings. The number of aromatic nitrogens is 2. The number of nitrogens with zero attached hydrogens (tertiary/aromatic N) is 2. The second-order valence-corrected chi connectivity index (χ2v) is 4.96. The summed E-state index contributed by atoms with van der Waals surface area (Å²) in [5.41, 5.74) is 7.97. The van der Waals surface area contributed by atoms with Crippen LogP contribution in [0.2, 0.25) is 0 Å². The van der Waals surface area contributed by atoms with Gasteiger partial charge in [-0.05, 0) is 24.3 Å². The minimum atomic E-state index is 0.459. The Morgan fingerprint density at radius 1 is 1.30 bits per heavy atom. The van der Waals surface area contributed by atoms with Crippen LogP contribution in [0.3, 0.4) is 0 Å². The Morgan fingerprint density at radius 3 is 2.85 bits per heavy atom. The molecule has 2 rings (SSSR count). The van der Waals surface area contributed by atoms with E-state index in [4.69, 9.17) is 10.5 Å². The Morgan fingerprint density at radius 2 is 2.10 bits per heavy atom. The molecule has 0 saturated carbocycles. The Labute approximate surface area is 123 Å². The SMILES string of the molecule is COCCc1ccccc1Nc1cc(N)nc(SC)n1. The van der Waals surface area contributed by atoms with Crippen molar-refractivity contribution in [3.63, 3.8) is 0 Å². The smallest absolute Gasteiger partial charge is 0.191 e. The van der Waals surface area contributed by atoms with Crippen molar-refractivity contribution >= 4 is 29.1 Å². The van der Waals surface area contributed by atoms with E-state index in [9.17, 15) is 0 Å². The van der Waals surface area contributed by atoms with Gasteiger partial charge in [0.25, 0.3) is 0 Å². The van der Waals surface area contributed by atoms with Gasteiger partial charge in [0.1, 0.15) is 11.6 Å². The molecule has 0 saturated heterocycles. The molecule has 0 radical (unpaired) electrons. The molecular weight excluding hydrogens is 272 g/mol. The molecule has 1 aromatic heterocycles. The van der Waals surface area contributed by atoms with Crippen molar-refractivity contribution < 1.29 is 4.74 Å². The molecular formula is C14H18N4OS. The van der Waals surface area contributed by atoms with Gasteiger partial charge in [-0.1, -0.05) is 30.0 Å². The summed E-state index contributed by atoms with van der Waals surface area (Å²) in [6, 6.07) is 9.81. The lowest BCUT2D eigenvalue weighted by atomic mass is 10.1. The summed E-state index contributed by atoms with van der Waals surface area (Å²) in [6.45, 7) is 0.681. The number of rotatable bonds is 6. The van der Waals surface area contributed by atoms with Gasteiger partial charge in [0.15, 0.2) is 5.16 Å². The Kier molecular flexibility index (Phi) is 5.20. The van der Waals surface area contributed by atoms with Gasteiger partial charge in [0.05, 0.1) is 6.61 Å². The van der Waals surface area contributed by atoms with Crippen LogP contribution in [0.5, 0.6) is 0 Å². The molecule has 0 aliphatic heterocycles. The highest BCUT2D eigenvalue weighted by Gasteiger charge is 2.05. The van der Waals surface area contributed by atoms with Crippen molar-refractivity contribution in [1.82, 2.24) is 9.97 Å². The molecule has 0 aliphatic rings. The highest BCUT2D eigenvalue weighted by atomic mass is 32.2. The van der Waals surface area contributed by atoms with E-state index in [2.05, 4.69) is 21.4 Å². The fraction of sp³-hybridized carbons (Fsp3) is 0.286. The van der Waals surface area contributed by atoms with Crippen LogP contribution in [0.1, 0.15) is 5.56 Å². The molecule has 0 aliphatic carbocycles. The van der Waals surface area contributed by atoms with E-state index in [0.717, 1.165) is 12.1 Å². The van der Waals surface area contributed by atoms with Gasteiger partial charge in [-0.2, -0.15) is 0 Å². The van der Waals surface area contributed by atoms with Crippen molar-refractivity contribution in [2.24, 2.45) is 0 Å². The van der Waals surface area contributed by atoms with E-state index in [1.165, 1.54) is 17.3 Å². The first-order valence-electron chi connectivity index (χ1n) is 6.25. The topological polar surface area (TPSA) is 73.1 Å². The van der Waals surface area contributed by atoms with Crippen molar-refractivity contribution in [1.29, 1.82) is 0 Å². The van der Waals surface area contributed by atoms with Crippen molar-refractivity contribution in [3.8, 4) is 0 Å². The lowest BCUT2D eigenvalue weighted by Gasteiger charge is -2.12. The first-order valence-corrected chi connectivity index (χ1v) is 7.48. The first kappa shape index (κ1) is 14.6. The fourth-order valence-corrected chi connectivity index (χ4v) is 2.20. The molecule has 1 aromatic carbocycles. The average molecular weight is 290 g/mol. The molecule has 20 heavy (non-hydrogen) atoms. The third kappa shape index (κ3) is 3.85. The van der Waals surface area contributed by atoms with E-state index in [-0.39, 0.29) is 0 Å². The monoisotopic (exact) mass is 290 g/mol. The maximum absolute atomic E-state index is 5.78. The van der Waals surface area contributed by atoms with Crippen LogP contribution in [0.15, 0.2) is 35.5 Å². The van der Waals surface area contributed by atoms with Crippen LogP contribution in [0, 0.1) is 0 Å². The summed E-state index contributed by atoms with van der Waals surface area (Å²) in [7, 11) is 1.70. The minimum Gasteiger partial charge on any atom is -0.384 e. The third-order valence-electron chi connectivity index (χ3n) is 2.76. The molecule has 0 amide bonds. The highest BCUT2D eigenvalue weighted by molar-refractivity contribution is 7.98. The van der Waals surface area contributed by atoms with Crippen molar-refractivity contribution in [2.75, 3.05) is 31.0 Å². The maximum atomic E-state index is 5.78. The summed E-state index contributed by atoms with van der Waals surface area (Å²) >= 11 is 1.46. The zero-order valence-corrected chi connectivity index (χ0v) is 12.4. The standard InChI is InChI=1S/C14H18N4OS/c1-19-8-7-10-5-3-4-6-11(10)16-13-9-12(15)17-14(18-13)20-2/h3-6,9H,7-8H2,1-2H3,(H3,15,16,17,18). The Hall–Kier alpha value is -1.79. The van der Waals surface area contributed by atoms with Crippen molar-refractivity contribution in [2.45, 2.75) is 11.6 Å². The van der Waals surface area contributed by atoms with Crippen LogP contribution in [0.4, 0.5) is 17.3 Å². The minimum absolute atomic E-state index is 0.459. The van der Waals surface area contributed by atoms with E-state index in [0.29, 0.717) is 23.4 Å². The number of nitrogens with two attached hydrogens (primary N) is 1. The average Bonchev–Trinajstić information content (AvgIpc) is 2.45. The molecule has 6 heteroatoms. The number of para-hydroxylation sites is 1. The molecule has 2 aromatic rings. The van der Waals surface area contributed by atoms with Crippen LogP contribution in [-0.4, -0.2) is 29.9 Å². The van der Waals surface area contributed by atoms with Gasteiger partial charge >= 0.3 is 0 Å². The lowest BCUT2D eigenvalue weighted by molar-refractivity contribution is 0.202. The predicted molar refractivity (Wildman–Crippen MR) is 83.5 cm³/mol. The number of nitrogen functional groups attached to an aromatic ring is 1. The molecule has 0 spiro atoms. The number of hydrogen-bond acceptors (Lipinski definition) is 6. The second kappa shape index (κ2) is 7.12. The largest absolute Gasteiger partial charge is 0.384 e. The number of thioether (sulfide) groups is 1. The fourth-order valence-electron chi connectivity index (χ4n) is 1.81. The number of ether oxygens (including phenoxy) is 1. The Balaban J connectivity index is 2.23. The first-order chi connectivity index (χ1) is 9.72. The van der Waals surface area contributed by atoms with E-state index >= 15 is 0 Å². The number of methoxy groups -OCH3 is 1. The highest BCUT2D eigenvalue weighted by Crippen LogP contribution is 2.22. The van der Waals surface area contributed by atoms with Crippen LogP contribution in [0.25, 0.3) is 0 Å². The third-order valence-corrected chi connectivity index (χ3v) is 3.31. The van der Waals surface area contributed by atoms with Crippen LogP contribution in [-0.2, 0) is 11.2 Å². The summed E-state index contributed by atoms with van der Waals surface area (Å²) < 4.78 is 5.13. The second-order valence-electron chi connectivity index (χ2n) is 4.19. The zero-order chi connectivity index (χ0) is 14.4. The lowest BCUT2D eigenvalue weighted by Crippen LogP contribution is -2.03. The van der Waals surface area contributed by atoms with E-state index in [1.807, 2.05) is 24.5 Å².